The highest BCUT2D eigenvalue weighted by Gasteiger charge is 2.46. The van der Waals surface area contributed by atoms with Crippen molar-refractivity contribution >= 4 is 23.1 Å². The van der Waals surface area contributed by atoms with Gasteiger partial charge in [0.05, 0.1) is 29.8 Å². The van der Waals surface area contributed by atoms with Gasteiger partial charge < -0.3 is 19.5 Å². The number of rotatable bonds is 6. The average molecular weight is 494 g/mol. The molecule has 2 atom stereocenters. The first-order chi connectivity index (χ1) is 17.3. The Kier molecular flexibility index (Phi) is 6.46. The first kappa shape index (κ1) is 24.0. The molecule has 0 aromatic heterocycles. The van der Waals surface area contributed by atoms with E-state index in [9.17, 15) is 24.8 Å². The maximum absolute atomic E-state index is 13.3. The molecule has 0 aliphatic carbocycles. The van der Waals surface area contributed by atoms with Gasteiger partial charge in [-0.15, -0.1) is 0 Å². The minimum atomic E-state index is -0.865. The number of Topliss-reactive ketones (excluding diaryl/α,β-unsaturated/α-hetero) is 1. The maximum Gasteiger partial charge on any atom is 0.295 e. The van der Waals surface area contributed by atoms with Gasteiger partial charge in [0.2, 0.25) is 0 Å². The van der Waals surface area contributed by atoms with Crippen molar-refractivity contribution in [2.75, 3.05) is 39.4 Å². The van der Waals surface area contributed by atoms with Crippen LogP contribution in [0.5, 0.6) is 5.75 Å². The molecule has 1 amide bonds. The molecule has 0 saturated carbocycles. The zero-order valence-electron chi connectivity index (χ0n) is 19.9. The number of hydrogen-bond acceptors (Lipinski definition) is 8. The number of hydrogen-bond donors (Lipinski definition) is 1. The summed E-state index contributed by atoms with van der Waals surface area (Å²) >= 11 is 0. The Morgan fingerprint density at radius 3 is 2.53 bits per heavy atom. The number of ether oxygens (including phenoxy) is 2. The lowest BCUT2D eigenvalue weighted by Gasteiger charge is -2.31. The Morgan fingerprint density at radius 2 is 1.83 bits per heavy atom. The van der Waals surface area contributed by atoms with Gasteiger partial charge in [-0.05, 0) is 48.4 Å². The van der Waals surface area contributed by atoms with E-state index in [1.807, 2.05) is 6.92 Å². The van der Waals surface area contributed by atoms with Crippen LogP contribution in [-0.4, -0.2) is 77.0 Å². The summed E-state index contributed by atoms with van der Waals surface area (Å²) < 4.78 is 11.1. The average Bonchev–Trinajstić information content (AvgIpc) is 3.38. The quantitative estimate of drug-likeness (QED) is 0.214. The van der Waals surface area contributed by atoms with Crippen LogP contribution < -0.4 is 4.74 Å². The number of carbonyl (C=O) groups excluding carboxylic acids is 2. The predicted octanol–water partition coefficient (Wildman–Crippen LogP) is 2.67. The zero-order chi connectivity index (χ0) is 25.4. The minimum Gasteiger partial charge on any atom is -0.507 e. The summed E-state index contributed by atoms with van der Waals surface area (Å²) in [6.45, 7) is 5.40. The van der Waals surface area contributed by atoms with Gasteiger partial charge in [0.1, 0.15) is 17.6 Å². The number of non-ortho nitro benzene ring substituents is 1. The summed E-state index contributed by atoms with van der Waals surface area (Å²) in [5, 5.41) is 22.5. The molecule has 1 N–H and O–H groups in total. The van der Waals surface area contributed by atoms with Gasteiger partial charge >= 0.3 is 0 Å². The van der Waals surface area contributed by atoms with Gasteiger partial charge in [0, 0.05) is 50.3 Å². The number of fused-ring (bicyclic) bond motifs is 1. The van der Waals surface area contributed by atoms with Crippen molar-refractivity contribution in [3.63, 3.8) is 0 Å². The smallest absolute Gasteiger partial charge is 0.295 e. The number of ketones is 1. The summed E-state index contributed by atoms with van der Waals surface area (Å²) in [7, 11) is 0. The highest BCUT2D eigenvalue weighted by molar-refractivity contribution is 6.46. The molecule has 5 rings (SSSR count). The molecule has 10 nitrogen and oxygen atoms in total. The maximum atomic E-state index is 13.3. The second-order valence-corrected chi connectivity index (χ2v) is 9.25. The number of likely N-dealkylation sites (tertiary alicyclic amines) is 1. The lowest BCUT2D eigenvalue weighted by Crippen LogP contribution is -2.42. The Bertz CT molecular complexity index is 1230. The van der Waals surface area contributed by atoms with E-state index < -0.39 is 22.7 Å². The number of benzene rings is 2. The SMILES string of the molecule is C[C@H]1Cc2cc(C(O)=C3C(=O)C(=O)N(CCN4CCOCC4)[C@H]3c3ccc([N+](=O)[O-])cc3)ccc2O1. The van der Waals surface area contributed by atoms with Crippen LogP contribution in [0.4, 0.5) is 5.69 Å². The fraction of sp³-hybridized carbons (Fsp3) is 0.385. The van der Waals surface area contributed by atoms with E-state index in [-0.39, 0.29) is 29.7 Å². The summed E-state index contributed by atoms with van der Waals surface area (Å²) in [6.07, 6.45) is 0.694. The molecular weight excluding hydrogens is 466 g/mol. The van der Waals surface area contributed by atoms with Gasteiger partial charge in [-0.1, -0.05) is 0 Å². The monoisotopic (exact) mass is 493 g/mol. The molecule has 3 aliphatic rings. The number of nitro groups is 1. The highest BCUT2D eigenvalue weighted by Crippen LogP contribution is 2.40. The Hall–Kier alpha value is -3.76. The number of morpholine rings is 1. The molecule has 2 saturated heterocycles. The van der Waals surface area contributed by atoms with Crippen LogP contribution in [0, 0.1) is 10.1 Å². The van der Waals surface area contributed by atoms with Gasteiger partial charge in [0.15, 0.2) is 0 Å². The van der Waals surface area contributed by atoms with Crippen molar-refractivity contribution in [3.8, 4) is 5.75 Å². The molecule has 188 valence electrons. The van der Waals surface area contributed by atoms with Gasteiger partial charge in [0.25, 0.3) is 17.4 Å². The van der Waals surface area contributed by atoms with Crippen LogP contribution >= 0.6 is 0 Å². The first-order valence-electron chi connectivity index (χ1n) is 12.0. The van der Waals surface area contributed by atoms with E-state index in [0.717, 1.165) is 24.4 Å². The molecule has 0 unspecified atom stereocenters. The molecule has 2 aromatic rings. The molecule has 36 heavy (non-hydrogen) atoms. The molecular formula is C26H27N3O7. The summed E-state index contributed by atoms with van der Waals surface area (Å²) in [4.78, 5) is 40.7. The van der Waals surface area contributed by atoms with Crippen molar-refractivity contribution in [2.45, 2.75) is 25.5 Å². The normalized spacial score (nSPS) is 23.5. The third kappa shape index (κ3) is 4.45. The van der Waals surface area contributed by atoms with E-state index >= 15 is 0 Å². The summed E-state index contributed by atoms with van der Waals surface area (Å²) in [6, 6.07) is 10.1. The number of nitrogens with zero attached hydrogens (tertiary/aromatic N) is 3. The van der Waals surface area contributed by atoms with Crippen LogP contribution in [-0.2, 0) is 20.7 Å². The molecule has 0 spiro atoms. The van der Waals surface area contributed by atoms with E-state index in [1.54, 1.807) is 18.2 Å². The van der Waals surface area contributed by atoms with Gasteiger partial charge in [-0.2, -0.15) is 0 Å². The molecule has 10 heteroatoms. The first-order valence-corrected chi connectivity index (χ1v) is 12.0. The van der Waals surface area contributed by atoms with Crippen LogP contribution in [0.2, 0.25) is 0 Å². The van der Waals surface area contributed by atoms with Gasteiger partial charge in [-0.25, -0.2) is 0 Å². The second-order valence-electron chi connectivity index (χ2n) is 9.25. The van der Waals surface area contributed by atoms with Crippen molar-refractivity contribution < 1.29 is 29.1 Å². The molecule has 2 fully saturated rings. The number of aliphatic hydroxyl groups excluding tert-OH is 1. The summed E-state index contributed by atoms with van der Waals surface area (Å²) in [5.74, 6) is -1.01. The third-order valence-electron chi connectivity index (χ3n) is 6.89. The molecule has 0 bridgehead atoms. The number of carbonyl (C=O) groups is 2. The van der Waals surface area contributed by atoms with E-state index in [2.05, 4.69) is 4.90 Å². The number of nitro benzene ring substituents is 1. The molecule has 2 aromatic carbocycles. The van der Waals surface area contributed by atoms with E-state index in [4.69, 9.17) is 9.47 Å². The van der Waals surface area contributed by atoms with Gasteiger partial charge in [-0.3, -0.25) is 24.6 Å². The predicted molar refractivity (Wildman–Crippen MR) is 130 cm³/mol. The van der Waals surface area contributed by atoms with Crippen molar-refractivity contribution in [3.05, 3.63) is 74.8 Å². The van der Waals surface area contributed by atoms with Crippen molar-refractivity contribution in [1.82, 2.24) is 9.80 Å². The van der Waals surface area contributed by atoms with Crippen LogP contribution in [0.3, 0.4) is 0 Å². The van der Waals surface area contributed by atoms with Crippen LogP contribution in [0.25, 0.3) is 5.76 Å². The van der Waals surface area contributed by atoms with Crippen LogP contribution in [0.1, 0.15) is 29.7 Å². The van der Waals surface area contributed by atoms with E-state index in [1.165, 1.54) is 29.2 Å². The Morgan fingerprint density at radius 1 is 1.11 bits per heavy atom. The zero-order valence-corrected chi connectivity index (χ0v) is 19.9. The Labute approximate surface area is 207 Å². The molecule has 3 aliphatic heterocycles. The largest absolute Gasteiger partial charge is 0.507 e. The minimum absolute atomic E-state index is 0.0169. The Balaban J connectivity index is 1.54. The fourth-order valence-electron chi connectivity index (χ4n) is 5.03. The molecule has 0 radical (unpaired) electrons. The number of amides is 1. The fourth-order valence-corrected chi connectivity index (χ4v) is 5.03. The summed E-state index contributed by atoms with van der Waals surface area (Å²) in [5.41, 5.74) is 1.73. The lowest BCUT2D eigenvalue weighted by atomic mass is 9.94. The number of aliphatic hydroxyl groups is 1. The molecule has 3 heterocycles. The lowest BCUT2D eigenvalue weighted by molar-refractivity contribution is -0.384. The van der Waals surface area contributed by atoms with Crippen LogP contribution in [0.15, 0.2) is 48.0 Å². The topological polar surface area (TPSA) is 122 Å². The van der Waals surface area contributed by atoms with E-state index in [0.29, 0.717) is 37.3 Å². The third-order valence-corrected chi connectivity index (χ3v) is 6.89. The van der Waals surface area contributed by atoms with Crippen molar-refractivity contribution in [1.29, 1.82) is 0 Å². The van der Waals surface area contributed by atoms with Crippen molar-refractivity contribution in [2.24, 2.45) is 0 Å². The second kappa shape index (κ2) is 9.71. The standard InChI is InChI=1S/C26H27N3O7/c1-16-14-19-15-18(4-7-21(19)36-16)24(30)22-23(17-2-5-20(6-3-17)29(33)34)28(26(32)25(22)31)9-8-27-10-12-35-13-11-27/h2-7,15-16,23,30H,8-14H2,1H3/t16-,23-/m0/s1. The highest BCUT2D eigenvalue weighted by atomic mass is 16.6.